The van der Waals surface area contributed by atoms with Gasteiger partial charge in [0, 0.05) is 17.1 Å². The molecule has 80 valence electrons. The Hall–Kier alpha value is -2.23. The van der Waals surface area contributed by atoms with E-state index in [2.05, 4.69) is 4.98 Å². The zero-order valence-corrected chi connectivity index (χ0v) is 8.60. The van der Waals surface area contributed by atoms with Crippen molar-refractivity contribution in [1.29, 1.82) is 0 Å². The first-order chi connectivity index (χ1) is 7.59. The minimum Gasteiger partial charge on any atom is -0.478 e. The number of benzene rings is 1. The minimum absolute atomic E-state index is 0.130. The molecule has 1 aromatic heterocycles. The molecule has 0 saturated carbocycles. The standard InChI is InChI=1S/C12H9NO3/c1-7(14)8-5-10-9(12(15)16)3-2-4-11(10)13-6-8/h2-6H,1H3,(H,15,16). The van der Waals surface area contributed by atoms with Crippen molar-refractivity contribution in [3.8, 4) is 0 Å². The van der Waals surface area contributed by atoms with Crippen LogP contribution in [-0.2, 0) is 0 Å². The lowest BCUT2D eigenvalue weighted by molar-refractivity contribution is 0.0698. The molecule has 1 heterocycles. The average Bonchev–Trinajstić information content (AvgIpc) is 2.27. The molecule has 0 bridgehead atoms. The first-order valence-corrected chi connectivity index (χ1v) is 4.72. The van der Waals surface area contributed by atoms with E-state index in [1.54, 1.807) is 18.2 Å². The van der Waals surface area contributed by atoms with Crippen LogP contribution in [-0.4, -0.2) is 21.8 Å². The molecule has 0 saturated heterocycles. The molecule has 0 aliphatic heterocycles. The molecule has 0 atom stereocenters. The number of carbonyl (C=O) groups excluding carboxylic acids is 1. The molecule has 4 heteroatoms. The van der Waals surface area contributed by atoms with E-state index in [1.165, 1.54) is 19.2 Å². The van der Waals surface area contributed by atoms with Gasteiger partial charge in [0.05, 0.1) is 11.1 Å². The number of nitrogens with zero attached hydrogens (tertiary/aromatic N) is 1. The lowest BCUT2D eigenvalue weighted by Gasteiger charge is -2.03. The van der Waals surface area contributed by atoms with Crippen molar-refractivity contribution < 1.29 is 14.7 Å². The van der Waals surface area contributed by atoms with Gasteiger partial charge >= 0.3 is 5.97 Å². The van der Waals surface area contributed by atoms with E-state index in [1.807, 2.05) is 0 Å². The van der Waals surface area contributed by atoms with E-state index in [0.29, 0.717) is 16.5 Å². The van der Waals surface area contributed by atoms with Gasteiger partial charge in [0.25, 0.3) is 0 Å². The quantitative estimate of drug-likeness (QED) is 0.779. The Morgan fingerprint density at radius 1 is 1.31 bits per heavy atom. The first-order valence-electron chi connectivity index (χ1n) is 4.72. The Morgan fingerprint density at radius 2 is 2.06 bits per heavy atom. The van der Waals surface area contributed by atoms with Gasteiger partial charge in [-0.05, 0) is 25.1 Å². The van der Waals surface area contributed by atoms with Crippen molar-refractivity contribution in [2.45, 2.75) is 6.92 Å². The second-order valence-corrected chi connectivity index (χ2v) is 3.46. The number of pyridine rings is 1. The molecule has 1 aromatic carbocycles. The van der Waals surface area contributed by atoms with Gasteiger partial charge in [0.15, 0.2) is 5.78 Å². The van der Waals surface area contributed by atoms with Gasteiger partial charge in [-0.2, -0.15) is 0 Å². The third kappa shape index (κ3) is 1.65. The number of hydrogen-bond acceptors (Lipinski definition) is 3. The second-order valence-electron chi connectivity index (χ2n) is 3.46. The van der Waals surface area contributed by atoms with Gasteiger partial charge in [0.2, 0.25) is 0 Å². The molecule has 0 amide bonds. The van der Waals surface area contributed by atoms with Gasteiger partial charge in [-0.3, -0.25) is 9.78 Å². The van der Waals surface area contributed by atoms with E-state index >= 15 is 0 Å². The highest BCUT2D eigenvalue weighted by atomic mass is 16.4. The first kappa shape index (κ1) is 10.3. The number of carbonyl (C=O) groups is 2. The van der Waals surface area contributed by atoms with E-state index in [0.717, 1.165) is 0 Å². The molecule has 1 N–H and O–H groups in total. The number of ketones is 1. The van der Waals surface area contributed by atoms with Crippen LogP contribution in [0.15, 0.2) is 30.5 Å². The van der Waals surface area contributed by atoms with Gasteiger partial charge < -0.3 is 5.11 Å². The molecule has 0 spiro atoms. The van der Waals surface area contributed by atoms with Crippen molar-refractivity contribution in [3.63, 3.8) is 0 Å². The summed E-state index contributed by atoms with van der Waals surface area (Å²) >= 11 is 0. The van der Waals surface area contributed by atoms with Gasteiger partial charge in [0.1, 0.15) is 0 Å². The molecular weight excluding hydrogens is 206 g/mol. The number of carboxylic acids is 1. The van der Waals surface area contributed by atoms with E-state index < -0.39 is 5.97 Å². The van der Waals surface area contributed by atoms with Crippen LogP contribution in [0.3, 0.4) is 0 Å². The molecular formula is C12H9NO3. The molecule has 0 unspecified atom stereocenters. The summed E-state index contributed by atoms with van der Waals surface area (Å²) in [4.78, 5) is 26.2. The zero-order valence-electron chi connectivity index (χ0n) is 8.60. The lowest BCUT2D eigenvalue weighted by Crippen LogP contribution is -2.00. The monoisotopic (exact) mass is 215 g/mol. The number of fused-ring (bicyclic) bond motifs is 1. The van der Waals surface area contributed by atoms with Crippen LogP contribution in [0.1, 0.15) is 27.6 Å². The second kappa shape index (κ2) is 3.73. The summed E-state index contributed by atoms with van der Waals surface area (Å²) in [5.74, 6) is -1.15. The highest BCUT2D eigenvalue weighted by Gasteiger charge is 2.10. The fourth-order valence-corrected chi connectivity index (χ4v) is 1.53. The summed E-state index contributed by atoms with van der Waals surface area (Å²) in [6, 6.07) is 6.41. The maximum Gasteiger partial charge on any atom is 0.336 e. The third-order valence-corrected chi connectivity index (χ3v) is 2.36. The number of aromatic carboxylic acids is 1. The van der Waals surface area contributed by atoms with Crippen LogP contribution in [0, 0.1) is 0 Å². The highest BCUT2D eigenvalue weighted by molar-refractivity contribution is 6.05. The molecule has 0 aliphatic carbocycles. The number of carboxylic acid groups (broad SMARTS) is 1. The van der Waals surface area contributed by atoms with E-state index in [9.17, 15) is 9.59 Å². The summed E-state index contributed by atoms with van der Waals surface area (Å²) in [6.07, 6.45) is 1.45. The van der Waals surface area contributed by atoms with Crippen LogP contribution >= 0.6 is 0 Å². The topological polar surface area (TPSA) is 67.3 Å². The lowest BCUT2D eigenvalue weighted by atomic mass is 10.1. The Kier molecular flexibility index (Phi) is 2.40. The fraction of sp³-hybridized carbons (Fsp3) is 0.0833. The molecule has 2 rings (SSSR count). The molecule has 0 fully saturated rings. The van der Waals surface area contributed by atoms with Crippen molar-refractivity contribution >= 4 is 22.7 Å². The number of aromatic nitrogens is 1. The Balaban J connectivity index is 2.78. The Morgan fingerprint density at radius 3 is 2.69 bits per heavy atom. The third-order valence-electron chi connectivity index (χ3n) is 2.36. The fourth-order valence-electron chi connectivity index (χ4n) is 1.53. The number of hydrogen-bond donors (Lipinski definition) is 1. The predicted octanol–water partition coefficient (Wildman–Crippen LogP) is 2.14. The van der Waals surface area contributed by atoms with E-state index in [-0.39, 0.29) is 11.3 Å². The minimum atomic E-state index is -1.02. The SMILES string of the molecule is CC(=O)c1cnc2cccc(C(=O)O)c2c1. The van der Waals surface area contributed by atoms with Crippen LogP contribution in [0.2, 0.25) is 0 Å². The molecule has 0 aliphatic rings. The smallest absolute Gasteiger partial charge is 0.336 e. The maximum atomic E-state index is 11.2. The number of Topliss-reactive ketones (excluding diaryl/α,β-unsaturated/α-hetero) is 1. The Bertz CT molecular complexity index is 590. The van der Waals surface area contributed by atoms with Crippen LogP contribution in [0.25, 0.3) is 10.9 Å². The largest absolute Gasteiger partial charge is 0.478 e. The van der Waals surface area contributed by atoms with Crippen molar-refractivity contribution in [2.24, 2.45) is 0 Å². The number of rotatable bonds is 2. The molecule has 4 nitrogen and oxygen atoms in total. The van der Waals surface area contributed by atoms with Crippen LogP contribution < -0.4 is 0 Å². The van der Waals surface area contributed by atoms with Crippen LogP contribution in [0.5, 0.6) is 0 Å². The summed E-state index contributed by atoms with van der Waals surface area (Å²) in [6.45, 7) is 1.42. The van der Waals surface area contributed by atoms with Gasteiger partial charge in [-0.25, -0.2) is 4.79 Å². The Labute approximate surface area is 91.5 Å². The molecule has 16 heavy (non-hydrogen) atoms. The predicted molar refractivity (Wildman–Crippen MR) is 58.7 cm³/mol. The van der Waals surface area contributed by atoms with E-state index in [4.69, 9.17) is 5.11 Å². The summed E-state index contributed by atoms with van der Waals surface area (Å²) in [5.41, 5.74) is 1.15. The zero-order chi connectivity index (χ0) is 11.7. The normalized spacial score (nSPS) is 10.3. The summed E-state index contributed by atoms with van der Waals surface area (Å²) < 4.78 is 0. The van der Waals surface area contributed by atoms with Crippen molar-refractivity contribution in [2.75, 3.05) is 0 Å². The van der Waals surface area contributed by atoms with Crippen LogP contribution in [0.4, 0.5) is 0 Å². The summed E-state index contributed by atoms with van der Waals surface area (Å²) in [7, 11) is 0. The molecule has 0 radical (unpaired) electrons. The average molecular weight is 215 g/mol. The highest BCUT2D eigenvalue weighted by Crippen LogP contribution is 2.18. The maximum absolute atomic E-state index is 11.2. The van der Waals surface area contributed by atoms with Gasteiger partial charge in [-0.15, -0.1) is 0 Å². The summed E-state index contributed by atoms with van der Waals surface area (Å²) in [5, 5.41) is 9.49. The van der Waals surface area contributed by atoms with Gasteiger partial charge in [-0.1, -0.05) is 6.07 Å². The van der Waals surface area contributed by atoms with Crippen molar-refractivity contribution in [3.05, 3.63) is 41.6 Å². The van der Waals surface area contributed by atoms with Crippen molar-refractivity contribution in [1.82, 2.24) is 4.98 Å². The molecule has 2 aromatic rings.